The van der Waals surface area contributed by atoms with Crippen molar-refractivity contribution < 1.29 is 57.1 Å². The van der Waals surface area contributed by atoms with E-state index >= 15 is 0 Å². The highest BCUT2D eigenvalue weighted by atomic mass is 31.3. The summed E-state index contributed by atoms with van der Waals surface area (Å²) in [6.07, 6.45) is -8.81. The van der Waals surface area contributed by atoms with Crippen LogP contribution in [0.5, 0.6) is 0 Å². The Morgan fingerprint density at radius 3 is 2.49 bits per heavy atom. The summed E-state index contributed by atoms with van der Waals surface area (Å²) in [5, 5.41) is 29.9. The first kappa shape index (κ1) is 28.3. The number of hydrogen-bond donors (Lipinski definition) is 7. The summed E-state index contributed by atoms with van der Waals surface area (Å²) < 4.78 is 49.3. The van der Waals surface area contributed by atoms with Gasteiger partial charge in [-0.2, -0.15) is 4.31 Å². The maximum absolute atomic E-state index is 12.2. The van der Waals surface area contributed by atoms with Crippen molar-refractivity contribution in [2.24, 2.45) is 5.73 Å². The summed E-state index contributed by atoms with van der Waals surface area (Å²) >= 11 is 0. The molecule has 17 nitrogen and oxygen atoms in total. The number of nitrogens with one attached hydrogen (secondary N) is 1. The van der Waals surface area contributed by atoms with Crippen molar-refractivity contribution in [2.45, 2.75) is 69.3 Å². The van der Waals surface area contributed by atoms with E-state index < -0.39 is 82.6 Å². The van der Waals surface area contributed by atoms with Crippen LogP contribution in [0.2, 0.25) is 0 Å². The fourth-order valence-electron chi connectivity index (χ4n) is 3.44. The van der Waals surface area contributed by atoms with Gasteiger partial charge >= 0.3 is 21.3 Å². The number of phosphoric acid groups is 2. The van der Waals surface area contributed by atoms with E-state index in [1.807, 2.05) is 0 Å². The fraction of sp³-hybridized carbons (Fsp3) is 0.750. The first-order valence-electron chi connectivity index (χ1n) is 10.2. The van der Waals surface area contributed by atoms with Gasteiger partial charge in [-0.15, -0.1) is 0 Å². The van der Waals surface area contributed by atoms with Crippen LogP contribution in [0.15, 0.2) is 15.8 Å². The van der Waals surface area contributed by atoms with Gasteiger partial charge in [0, 0.05) is 18.2 Å². The van der Waals surface area contributed by atoms with E-state index in [1.54, 1.807) is 0 Å². The molecule has 0 bridgehead atoms. The molecule has 0 saturated carbocycles. The zero-order valence-corrected chi connectivity index (χ0v) is 20.2. The molecule has 200 valence electrons. The number of ether oxygens (including phenoxy) is 2. The van der Waals surface area contributed by atoms with Crippen LogP contribution in [0.1, 0.15) is 25.1 Å². The Morgan fingerprint density at radius 2 is 1.83 bits per heavy atom. The van der Waals surface area contributed by atoms with Crippen LogP contribution in [-0.4, -0.2) is 84.1 Å². The maximum atomic E-state index is 12.2. The molecular formula is C16H27N3O14P2. The van der Waals surface area contributed by atoms with Gasteiger partial charge in [-0.3, -0.25) is 23.4 Å². The zero-order valence-electron chi connectivity index (χ0n) is 18.4. The van der Waals surface area contributed by atoms with Crippen molar-refractivity contribution in [3.63, 3.8) is 0 Å². The Balaban J connectivity index is 1.59. The summed E-state index contributed by atoms with van der Waals surface area (Å²) in [6.45, 7) is 2.03. The fourth-order valence-corrected chi connectivity index (χ4v) is 5.60. The Kier molecular flexibility index (Phi) is 8.56. The second kappa shape index (κ2) is 10.6. The summed E-state index contributed by atoms with van der Waals surface area (Å²) in [5.41, 5.74) is 4.39. The Labute approximate surface area is 197 Å². The van der Waals surface area contributed by atoms with Gasteiger partial charge in [0.05, 0.1) is 24.9 Å². The predicted molar refractivity (Wildman–Crippen MR) is 113 cm³/mol. The number of aliphatic hydroxyl groups is 3. The van der Waals surface area contributed by atoms with Crippen molar-refractivity contribution in [1.29, 1.82) is 0 Å². The molecule has 35 heavy (non-hydrogen) atoms. The van der Waals surface area contributed by atoms with Crippen molar-refractivity contribution in [2.75, 3.05) is 6.61 Å². The lowest BCUT2D eigenvalue weighted by atomic mass is 9.98. The van der Waals surface area contributed by atoms with Gasteiger partial charge in [0.1, 0.15) is 24.5 Å². The van der Waals surface area contributed by atoms with Gasteiger partial charge in [0.15, 0.2) is 6.29 Å². The van der Waals surface area contributed by atoms with E-state index in [-0.39, 0.29) is 12.0 Å². The Bertz CT molecular complexity index is 1130. The topological polar surface area (TPSA) is 262 Å². The molecule has 0 spiro atoms. The molecule has 0 aliphatic carbocycles. The number of phosphoric ester groups is 2. The summed E-state index contributed by atoms with van der Waals surface area (Å²) in [5.74, 6) is 0. The highest BCUT2D eigenvalue weighted by Crippen LogP contribution is 2.61. The predicted octanol–water partition coefficient (Wildman–Crippen LogP) is -2.46. The maximum Gasteiger partial charge on any atom is 0.483 e. The van der Waals surface area contributed by atoms with E-state index in [1.165, 1.54) is 20.0 Å². The van der Waals surface area contributed by atoms with Crippen molar-refractivity contribution in [1.82, 2.24) is 9.55 Å². The normalized spacial score (nSPS) is 37.0. The average Bonchev–Trinajstić information content (AvgIpc) is 3.11. The SMILES string of the molecule is Cc1cn(C2CC(O)C(COP(=O)(O)OP(=O)(O)OC3OC(C)C(N)C(O)C3O)O2)c(=O)[nH]c1=O. The lowest BCUT2D eigenvalue weighted by Crippen LogP contribution is -2.60. The van der Waals surface area contributed by atoms with Gasteiger partial charge in [-0.1, -0.05) is 0 Å². The number of nitrogens with two attached hydrogens (primary N) is 1. The number of aromatic nitrogens is 2. The van der Waals surface area contributed by atoms with E-state index in [0.717, 1.165) is 4.57 Å². The molecule has 1 aromatic rings. The van der Waals surface area contributed by atoms with Crippen LogP contribution in [0.3, 0.4) is 0 Å². The van der Waals surface area contributed by atoms with Gasteiger partial charge < -0.3 is 40.3 Å². The molecule has 0 radical (unpaired) electrons. The minimum absolute atomic E-state index is 0.142. The monoisotopic (exact) mass is 547 g/mol. The van der Waals surface area contributed by atoms with Crippen LogP contribution in [-0.2, 0) is 32.0 Å². The molecule has 10 unspecified atom stereocenters. The second-order valence-electron chi connectivity index (χ2n) is 8.10. The third kappa shape index (κ3) is 6.72. The van der Waals surface area contributed by atoms with Crippen LogP contribution < -0.4 is 17.0 Å². The molecule has 2 aliphatic heterocycles. The van der Waals surface area contributed by atoms with Crippen molar-refractivity contribution >= 4 is 15.6 Å². The van der Waals surface area contributed by atoms with E-state index in [0.29, 0.717) is 0 Å². The minimum atomic E-state index is -5.40. The lowest BCUT2D eigenvalue weighted by Gasteiger charge is -2.39. The van der Waals surface area contributed by atoms with E-state index in [2.05, 4.69) is 18.3 Å². The highest BCUT2D eigenvalue weighted by Gasteiger charge is 2.47. The number of hydrogen-bond acceptors (Lipinski definition) is 13. The van der Waals surface area contributed by atoms with Crippen molar-refractivity contribution in [3.05, 3.63) is 32.6 Å². The molecule has 19 heteroatoms. The van der Waals surface area contributed by atoms with Crippen LogP contribution >= 0.6 is 15.6 Å². The molecule has 0 aromatic carbocycles. The molecule has 1 aromatic heterocycles. The number of aryl methyl sites for hydroxylation is 1. The van der Waals surface area contributed by atoms with Crippen molar-refractivity contribution in [3.8, 4) is 0 Å². The molecule has 10 atom stereocenters. The minimum Gasteiger partial charge on any atom is -0.390 e. The van der Waals surface area contributed by atoms with E-state index in [4.69, 9.17) is 15.2 Å². The number of rotatable bonds is 8. The van der Waals surface area contributed by atoms with Gasteiger partial charge in [0.2, 0.25) is 0 Å². The number of aliphatic hydroxyl groups excluding tert-OH is 3. The molecule has 0 amide bonds. The third-order valence-corrected chi connectivity index (χ3v) is 8.02. The first-order chi connectivity index (χ1) is 16.1. The second-order valence-corrected chi connectivity index (χ2v) is 11.1. The largest absolute Gasteiger partial charge is 0.483 e. The first-order valence-corrected chi connectivity index (χ1v) is 13.2. The van der Waals surface area contributed by atoms with Gasteiger partial charge in [0.25, 0.3) is 5.56 Å². The van der Waals surface area contributed by atoms with Crippen LogP contribution in [0.25, 0.3) is 0 Å². The average molecular weight is 547 g/mol. The van der Waals surface area contributed by atoms with Gasteiger partial charge in [-0.05, 0) is 13.8 Å². The summed E-state index contributed by atoms with van der Waals surface area (Å²) in [7, 11) is -10.7. The molecule has 8 N–H and O–H groups in total. The smallest absolute Gasteiger partial charge is 0.390 e. The molecule has 2 aliphatic rings. The van der Waals surface area contributed by atoms with Crippen LogP contribution in [0, 0.1) is 6.92 Å². The number of nitrogens with zero attached hydrogens (tertiary/aromatic N) is 1. The molecule has 2 saturated heterocycles. The summed E-state index contributed by atoms with van der Waals surface area (Å²) in [6, 6.07) is -1.03. The van der Waals surface area contributed by atoms with E-state index in [9.17, 15) is 43.8 Å². The Hall–Kier alpha value is -1.30. The molecule has 3 rings (SSSR count). The Morgan fingerprint density at radius 1 is 1.17 bits per heavy atom. The molecular weight excluding hydrogens is 520 g/mol. The third-order valence-electron chi connectivity index (χ3n) is 5.42. The van der Waals surface area contributed by atoms with Crippen LogP contribution in [0.4, 0.5) is 0 Å². The highest BCUT2D eigenvalue weighted by molar-refractivity contribution is 7.61. The summed E-state index contributed by atoms with van der Waals surface area (Å²) in [4.78, 5) is 45.2. The molecule has 3 heterocycles. The van der Waals surface area contributed by atoms with Gasteiger partial charge in [-0.25, -0.2) is 13.9 Å². The number of H-pyrrole nitrogens is 1. The zero-order chi connectivity index (χ0) is 26.3. The quantitative estimate of drug-likeness (QED) is 0.166. The molecule has 2 fully saturated rings. The standard InChI is InChI=1S/C16H27N3O14P2/c1-6-4-19(16(24)18-14(6)23)10-3-8(20)9(31-10)5-29-34(25,26)33-35(27,28)32-15-13(22)12(21)11(17)7(2)30-15/h4,7-13,15,20-22H,3,5,17H2,1-2H3,(H,25,26)(H,27,28)(H,18,23,24). The number of aromatic amines is 1. The lowest BCUT2D eigenvalue weighted by molar-refractivity contribution is -0.242.